The van der Waals surface area contributed by atoms with E-state index in [1.165, 1.54) is 16.5 Å². The summed E-state index contributed by atoms with van der Waals surface area (Å²) >= 11 is 1.02. The normalized spacial score (nSPS) is 19.5. The maximum Gasteiger partial charge on any atom is 0.430 e. The minimum atomic E-state index is -5.05. The van der Waals surface area contributed by atoms with Gasteiger partial charge in [0, 0.05) is 17.1 Å². The second kappa shape index (κ2) is 9.90. The van der Waals surface area contributed by atoms with Crippen molar-refractivity contribution >= 4 is 39.0 Å². The number of hydrogen-bond donors (Lipinski definition) is 1. The van der Waals surface area contributed by atoms with Gasteiger partial charge >= 0.3 is 6.09 Å². The van der Waals surface area contributed by atoms with Crippen LogP contribution < -0.4 is 9.62 Å². The molecule has 2 heterocycles. The summed E-state index contributed by atoms with van der Waals surface area (Å²) in [6.07, 6.45) is 0.549. The maximum atomic E-state index is 15.4. The van der Waals surface area contributed by atoms with Gasteiger partial charge in [0.15, 0.2) is 10.7 Å². The van der Waals surface area contributed by atoms with Crippen molar-refractivity contribution in [1.82, 2.24) is 9.88 Å². The van der Waals surface area contributed by atoms with Crippen molar-refractivity contribution < 1.29 is 26.7 Å². The summed E-state index contributed by atoms with van der Waals surface area (Å²) in [5, 5.41) is 4.46. The lowest BCUT2D eigenvalue weighted by Crippen LogP contribution is -2.41. The van der Waals surface area contributed by atoms with Gasteiger partial charge < -0.3 is 10.1 Å². The molecule has 1 saturated heterocycles. The van der Waals surface area contributed by atoms with Gasteiger partial charge in [0.2, 0.25) is 0 Å². The quantitative estimate of drug-likeness (QED) is 0.403. The van der Waals surface area contributed by atoms with Gasteiger partial charge in [-0.1, -0.05) is 24.3 Å². The van der Waals surface area contributed by atoms with Crippen LogP contribution in [0.2, 0.25) is 0 Å². The molecule has 1 aliphatic heterocycles. The summed E-state index contributed by atoms with van der Waals surface area (Å²) in [6, 6.07) is 9.84. The highest BCUT2D eigenvalue weighted by molar-refractivity contribution is 7.93. The number of fused-ring (bicyclic) bond motifs is 1. The number of sulfonamides is 1. The number of thiazole rings is 1. The third-order valence-electron chi connectivity index (χ3n) is 6.54. The second-order valence-corrected chi connectivity index (χ2v) is 12.8. The summed E-state index contributed by atoms with van der Waals surface area (Å²) in [7, 11) is -5.05. The summed E-state index contributed by atoms with van der Waals surface area (Å²) in [4.78, 5) is 17.8. The molecular formula is C26H28F2N4O4S2. The van der Waals surface area contributed by atoms with Crippen LogP contribution in [-0.4, -0.2) is 43.1 Å². The smallest absolute Gasteiger partial charge is 0.430 e. The Balaban J connectivity index is 1.46. The molecule has 0 saturated carbocycles. The Morgan fingerprint density at radius 3 is 2.37 bits per heavy atom. The summed E-state index contributed by atoms with van der Waals surface area (Å²) in [5.74, 6) is -2.98. The Labute approximate surface area is 224 Å². The number of halogens is 2. The topological polar surface area (TPSA) is 91.8 Å². The molecule has 12 heteroatoms. The summed E-state index contributed by atoms with van der Waals surface area (Å²) < 4.78 is 63.1. The van der Waals surface area contributed by atoms with E-state index < -0.39 is 38.2 Å². The molecule has 1 amide bonds. The minimum absolute atomic E-state index is 0.0977. The summed E-state index contributed by atoms with van der Waals surface area (Å²) in [6.45, 7) is 6.66. The maximum absolute atomic E-state index is 15.4. The average Bonchev–Trinajstić information content (AvgIpc) is 3.40. The lowest BCUT2D eigenvalue weighted by molar-refractivity contribution is 0.0608. The molecule has 1 N–H and O–H groups in total. The highest BCUT2D eigenvalue weighted by Crippen LogP contribution is 2.45. The molecule has 8 nitrogen and oxygen atoms in total. The van der Waals surface area contributed by atoms with Gasteiger partial charge in [0.1, 0.15) is 17.2 Å². The van der Waals surface area contributed by atoms with E-state index in [1.807, 2.05) is 18.2 Å². The highest BCUT2D eigenvalue weighted by atomic mass is 32.2. The number of rotatable bonds is 6. The molecule has 0 radical (unpaired) electrons. The van der Waals surface area contributed by atoms with Crippen LogP contribution in [-0.2, 0) is 14.8 Å². The largest absolute Gasteiger partial charge is 0.443 e. The third kappa shape index (κ3) is 4.99. The fraction of sp³-hybridized carbons (Fsp3) is 0.385. The minimum Gasteiger partial charge on any atom is -0.443 e. The second-order valence-electron chi connectivity index (χ2n) is 10.3. The Kier molecular flexibility index (Phi) is 6.91. The van der Waals surface area contributed by atoms with Crippen LogP contribution in [0.3, 0.4) is 0 Å². The van der Waals surface area contributed by atoms with Crippen molar-refractivity contribution in [2.45, 2.75) is 56.2 Å². The first-order chi connectivity index (χ1) is 18.0. The molecule has 0 unspecified atom stereocenters. The van der Waals surface area contributed by atoms with Crippen LogP contribution in [0.15, 0.2) is 52.2 Å². The van der Waals surface area contributed by atoms with E-state index in [4.69, 9.17) is 4.74 Å². The van der Waals surface area contributed by atoms with Gasteiger partial charge in [-0.05, 0) is 70.0 Å². The lowest BCUT2D eigenvalue weighted by Gasteiger charge is -2.37. The monoisotopic (exact) mass is 562 g/mol. The zero-order chi connectivity index (χ0) is 27.2. The van der Waals surface area contributed by atoms with E-state index in [-0.39, 0.29) is 27.9 Å². The Morgan fingerprint density at radius 1 is 1.16 bits per heavy atom. The van der Waals surface area contributed by atoms with E-state index in [0.29, 0.717) is 0 Å². The van der Waals surface area contributed by atoms with Gasteiger partial charge in [-0.25, -0.2) is 27.0 Å². The van der Waals surface area contributed by atoms with Gasteiger partial charge in [-0.15, -0.1) is 15.6 Å². The number of amides is 1. The van der Waals surface area contributed by atoms with E-state index in [1.54, 1.807) is 20.8 Å². The molecule has 2 aromatic carbocycles. The van der Waals surface area contributed by atoms with Crippen molar-refractivity contribution in [1.29, 1.82) is 0 Å². The van der Waals surface area contributed by atoms with E-state index >= 15 is 8.78 Å². The predicted octanol–water partition coefficient (Wildman–Crippen LogP) is 5.86. The number of likely N-dealkylation sites (tertiary alicyclic amines) is 1. The van der Waals surface area contributed by atoms with Crippen LogP contribution in [0.25, 0.3) is 0 Å². The number of ether oxygens (including phenoxy) is 1. The first-order valence-corrected chi connectivity index (χ1v) is 14.6. The van der Waals surface area contributed by atoms with Crippen molar-refractivity contribution in [3.05, 3.63) is 70.1 Å². The van der Waals surface area contributed by atoms with Crippen LogP contribution >= 0.6 is 11.3 Å². The molecule has 0 spiro atoms. The highest BCUT2D eigenvalue weighted by Gasteiger charge is 2.40. The van der Waals surface area contributed by atoms with Crippen molar-refractivity contribution in [2.75, 3.05) is 22.7 Å². The fourth-order valence-electron chi connectivity index (χ4n) is 4.85. The Morgan fingerprint density at radius 2 is 1.82 bits per heavy atom. The SMILES string of the molecule is CC(C)(C)OC(=O)N(c1cscn1)S(=O)(=O)c1c(F)cc(N[C@@H]2C[C@H](N3CCC3)c3ccccc32)cc1F. The molecule has 3 aromatic rings. The number of nitrogens with one attached hydrogen (secondary N) is 1. The molecule has 1 fully saturated rings. The van der Waals surface area contributed by atoms with Crippen molar-refractivity contribution in [3.8, 4) is 0 Å². The van der Waals surface area contributed by atoms with Crippen molar-refractivity contribution in [2.24, 2.45) is 0 Å². The zero-order valence-corrected chi connectivity index (χ0v) is 22.8. The fourth-order valence-corrected chi connectivity index (χ4v) is 6.81. The van der Waals surface area contributed by atoms with E-state index in [9.17, 15) is 13.2 Å². The van der Waals surface area contributed by atoms with Crippen LogP contribution in [0.1, 0.15) is 56.8 Å². The average molecular weight is 563 g/mol. The predicted molar refractivity (Wildman–Crippen MR) is 141 cm³/mol. The van der Waals surface area contributed by atoms with E-state index in [0.717, 1.165) is 55.0 Å². The molecule has 2 atom stereocenters. The molecule has 1 aliphatic carbocycles. The first-order valence-electron chi connectivity index (χ1n) is 12.2. The number of carbonyl (C=O) groups is 1. The zero-order valence-electron chi connectivity index (χ0n) is 21.1. The van der Waals surface area contributed by atoms with Crippen LogP contribution in [0.4, 0.5) is 25.1 Å². The Bertz CT molecular complexity index is 1430. The molecule has 2 aliphatic rings. The number of nitrogens with zero attached hydrogens (tertiary/aromatic N) is 3. The van der Waals surface area contributed by atoms with Gasteiger partial charge in [0.25, 0.3) is 10.0 Å². The number of hydrogen-bond acceptors (Lipinski definition) is 8. The number of carbonyl (C=O) groups excluding carboxylic acids is 1. The van der Waals surface area contributed by atoms with E-state index in [2.05, 4.69) is 21.3 Å². The molecule has 5 rings (SSSR count). The van der Waals surface area contributed by atoms with Gasteiger partial charge in [-0.3, -0.25) is 4.90 Å². The standard InChI is InChI=1S/C26H28F2N4O4S2/c1-26(2,3)36-25(33)32(23-14-37-15-29-23)38(34,35)24-19(27)11-16(12-20(24)28)30-21-13-22(31-9-6-10-31)18-8-5-4-7-17(18)21/h4-5,7-8,11-12,14-15,21-22,30H,6,9-10,13H2,1-3H3/t21-,22+/m1/s1. The number of aromatic nitrogens is 1. The van der Waals surface area contributed by atoms with Crippen molar-refractivity contribution in [3.63, 3.8) is 0 Å². The number of benzene rings is 2. The summed E-state index contributed by atoms with van der Waals surface area (Å²) in [5.41, 5.74) is 2.56. The molecular weight excluding hydrogens is 534 g/mol. The first kappa shape index (κ1) is 26.5. The molecule has 38 heavy (non-hydrogen) atoms. The number of anilines is 2. The van der Waals surface area contributed by atoms with Gasteiger partial charge in [-0.2, -0.15) is 0 Å². The molecule has 202 valence electrons. The lowest BCUT2D eigenvalue weighted by atomic mass is 10.0. The third-order valence-corrected chi connectivity index (χ3v) is 8.84. The van der Waals surface area contributed by atoms with Crippen LogP contribution in [0, 0.1) is 11.6 Å². The molecule has 0 bridgehead atoms. The Hall–Kier alpha value is -3.09. The van der Waals surface area contributed by atoms with Crippen LogP contribution in [0.5, 0.6) is 0 Å². The van der Waals surface area contributed by atoms with Gasteiger partial charge in [0.05, 0.1) is 11.6 Å². The molecule has 1 aromatic heterocycles.